The summed E-state index contributed by atoms with van der Waals surface area (Å²) in [5.41, 5.74) is -0.612. The Hall–Kier alpha value is -2.24. The van der Waals surface area contributed by atoms with Crippen molar-refractivity contribution in [2.24, 2.45) is 0 Å². The van der Waals surface area contributed by atoms with Gasteiger partial charge in [-0.2, -0.15) is 13.2 Å². The molecule has 1 heterocycles. The third kappa shape index (κ3) is 2.78. The minimum absolute atomic E-state index is 0.0407. The second kappa shape index (κ2) is 4.79. The van der Waals surface area contributed by atoms with Crippen LogP contribution in [0.25, 0.3) is 11.4 Å². The first-order valence-corrected chi connectivity index (χ1v) is 5.39. The quantitative estimate of drug-likeness (QED) is 0.783. The van der Waals surface area contributed by atoms with Crippen molar-refractivity contribution in [1.29, 1.82) is 0 Å². The summed E-state index contributed by atoms with van der Waals surface area (Å²) in [4.78, 5) is 19.4. The van der Waals surface area contributed by atoms with Gasteiger partial charge in [0.25, 0.3) is 0 Å². The van der Waals surface area contributed by atoms with Crippen LogP contribution in [-0.4, -0.2) is 15.8 Å². The lowest BCUT2D eigenvalue weighted by atomic mass is 10.00. The maximum atomic E-state index is 12.6. The Morgan fingerprint density at radius 2 is 1.79 bits per heavy atom. The van der Waals surface area contributed by atoms with E-state index in [1.54, 1.807) is 6.07 Å². The number of nitrogens with zero attached hydrogens (tertiary/aromatic N) is 2. The third-order valence-electron chi connectivity index (χ3n) is 2.53. The predicted molar refractivity (Wildman–Crippen MR) is 62.5 cm³/mol. The number of ketones is 1. The number of rotatable bonds is 2. The maximum Gasteiger partial charge on any atom is 0.416 e. The number of carbonyl (C=O) groups excluding carboxylic acids is 1. The Balaban J connectivity index is 2.61. The topological polar surface area (TPSA) is 42.9 Å². The summed E-state index contributed by atoms with van der Waals surface area (Å²) >= 11 is 0. The Morgan fingerprint density at radius 3 is 2.32 bits per heavy atom. The van der Waals surface area contributed by atoms with E-state index in [1.165, 1.54) is 25.4 Å². The molecule has 0 saturated heterocycles. The zero-order chi connectivity index (χ0) is 14.0. The number of Topliss-reactive ketones (excluding diaryl/α,β-unsaturated/α-hetero) is 1. The average molecular weight is 266 g/mol. The first-order valence-electron chi connectivity index (χ1n) is 5.39. The Kier molecular flexibility index (Phi) is 3.33. The fourth-order valence-corrected chi connectivity index (χ4v) is 1.65. The van der Waals surface area contributed by atoms with Crippen molar-refractivity contribution in [3.63, 3.8) is 0 Å². The van der Waals surface area contributed by atoms with Crippen LogP contribution in [0.4, 0.5) is 13.2 Å². The van der Waals surface area contributed by atoms with E-state index in [-0.39, 0.29) is 11.4 Å². The average Bonchev–Trinajstić information content (AvgIpc) is 2.38. The lowest BCUT2D eigenvalue weighted by Crippen LogP contribution is -2.08. The molecule has 3 nitrogen and oxygen atoms in total. The van der Waals surface area contributed by atoms with Gasteiger partial charge in [0.2, 0.25) is 0 Å². The second-order valence-corrected chi connectivity index (χ2v) is 3.89. The van der Waals surface area contributed by atoms with Crippen LogP contribution < -0.4 is 0 Å². The minimum atomic E-state index is -4.49. The van der Waals surface area contributed by atoms with Crippen LogP contribution in [0.2, 0.25) is 0 Å². The molecular weight excluding hydrogens is 257 g/mol. The van der Waals surface area contributed by atoms with Crippen LogP contribution >= 0.6 is 0 Å². The van der Waals surface area contributed by atoms with Crippen molar-refractivity contribution in [3.05, 3.63) is 47.8 Å². The van der Waals surface area contributed by atoms with E-state index >= 15 is 0 Å². The number of halogens is 3. The van der Waals surface area contributed by atoms with Crippen LogP contribution in [0.5, 0.6) is 0 Å². The summed E-state index contributed by atoms with van der Waals surface area (Å²) in [5, 5.41) is 0. The molecule has 0 fully saturated rings. The van der Waals surface area contributed by atoms with Crippen molar-refractivity contribution in [2.45, 2.75) is 13.1 Å². The van der Waals surface area contributed by atoms with Crippen LogP contribution in [0.3, 0.4) is 0 Å². The van der Waals surface area contributed by atoms with E-state index in [9.17, 15) is 18.0 Å². The van der Waals surface area contributed by atoms with Crippen LogP contribution in [0.15, 0.2) is 36.7 Å². The van der Waals surface area contributed by atoms with Crippen LogP contribution in [0.1, 0.15) is 22.8 Å². The molecule has 0 saturated carbocycles. The number of benzene rings is 1. The molecule has 0 aliphatic heterocycles. The zero-order valence-corrected chi connectivity index (χ0v) is 9.90. The van der Waals surface area contributed by atoms with E-state index in [4.69, 9.17) is 0 Å². The van der Waals surface area contributed by atoms with Crippen molar-refractivity contribution in [3.8, 4) is 11.4 Å². The Labute approximate surface area is 107 Å². The van der Waals surface area contributed by atoms with Gasteiger partial charge in [0.05, 0.1) is 5.56 Å². The molecule has 0 unspecified atom stereocenters. The third-order valence-corrected chi connectivity index (χ3v) is 2.53. The molecular formula is C13H9F3N2O. The standard InChI is InChI=1S/C13H9F3N2O/c1-8(19)11-7-9(13(14,15)16)3-4-10(11)12-17-5-2-6-18-12/h2-7H,1H3. The van der Waals surface area contributed by atoms with Gasteiger partial charge in [-0.25, -0.2) is 9.97 Å². The lowest BCUT2D eigenvalue weighted by Gasteiger charge is -2.11. The normalized spacial score (nSPS) is 11.4. The molecule has 2 rings (SSSR count). The van der Waals surface area contributed by atoms with Gasteiger partial charge in [-0.05, 0) is 31.2 Å². The fourth-order valence-electron chi connectivity index (χ4n) is 1.65. The molecule has 0 N–H and O–H groups in total. The highest BCUT2D eigenvalue weighted by Gasteiger charge is 2.31. The molecule has 0 bridgehead atoms. The van der Waals surface area contributed by atoms with Gasteiger partial charge in [0.15, 0.2) is 11.6 Å². The van der Waals surface area contributed by atoms with Gasteiger partial charge in [-0.15, -0.1) is 0 Å². The molecule has 0 aliphatic carbocycles. The van der Waals surface area contributed by atoms with Gasteiger partial charge in [0, 0.05) is 23.5 Å². The zero-order valence-electron chi connectivity index (χ0n) is 9.90. The summed E-state index contributed by atoms with van der Waals surface area (Å²) < 4.78 is 37.9. The Morgan fingerprint density at radius 1 is 1.16 bits per heavy atom. The molecule has 0 spiro atoms. The maximum absolute atomic E-state index is 12.6. The smallest absolute Gasteiger partial charge is 0.294 e. The molecule has 0 radical (unpaired) electrons. The Bertz CT molecular complexity index is 609. The van der Waals surface area contributed by atoms with Crippen molar-refractivity contribution in [2.75, 3.05) is 0 Å². The number of hydrogen-bond donors (Lipinski definition) is 0. The summed E-state index contributed by atoms with van der Waals surface area (Å²) in [7, 11) is 0. The van der Waals surface area contributed by atoms with E-state index < -0.39 is 17.5 Å². The van der Waals surface area contributed by atoms with Gasteiger partial charge >= 0.3 is 6.18 Å². The van der Waals surface area contributed by atoms with Gasteiger partial charge in [-0.3, -0.25) is 4.79 Å². The van der Waals surface area contributed by atoms with E-state index in [0.717, 1.165) is 12.1 Å². The van der Waals surface area contributed by atoms with E-state index in [2.05, 4.69) is 9.97 Å². The SMILES string of the molecule is CC(=O)c1cc(C(F)(F)F)ccc1-c1ncccn1. The lowest BCUT2D eigenvalue weighted by molar-refractivity contribution is -0.137. The summed E-state index contributed by atoms with van der Waals surface area (Å²) in [5.74, 6) is -0.241. The van der Waals surface area contributed by atoms with Crippen molar-refractivity contribution in [1.82, 2.24) is 9.97 Å². The summed E-state index contributed by atoms with van der Waals surface area (Å²) in [6, 6.07) is 4.54. The fraction of sp³-hybridized carbons (Fsp3) is 0.154. The monoisotopic (exact) mass is 266 g/mol. The number of alkyl halides is 3. The molecule has 1 aromatic heterocycles. The number of carbonyl (C=O) groups is 1. The molecule has 1 aromatic carbocycles. The summed E-state index contributed by atoms with van der Waals surface area (Å²) in [6.45, 7) is 1.21. The highest BCUT2D eigenvalue weighted by Crippen LogP contribution is 2.32. The van der Waals surface area contributed by atoms with Crippen molar-refractivity contribution >= 4 is 5.78 Å². The summed E-state index contributed by atoms with van der Waals surface area (Å²) in [6.07, 6.45) is -1.56. The molecule has 19 heavy (non-hydrogen) atoms. The first kappa shape index (κ1) is 13.2. The first-order chi connectivity index (χ1) is 8.89. The molecule has 0 aliphatic rings. The number of aromatic nitrogens is 2. The van der Waals surface area contributed by atoms with Crippen molar-refractivity contribution < 1.29 is 18.0 Å². The molecule has 2 aromatic rings. The molecule has 98 valence electrons. The van der Waals surface area contributed by atoms with Gasteiger partial charge in [-0.1, -0.05) is 0 Å². The van der Waals surface area contributed by atoms with Crippen LogP contribution in [0, 0.1) is 0 Å². The molecule has 0 amide bonds. The van der Waals surface area contributed by atoms with E-state index in [0.29, 0.717) is 5.56 Å². The van der Waals surface area contributed by atoms with Crippen LogP contribution in [-0.2, 0) is 6.18 Å². The number of hydrogen-bond acceptors (Lipinski definition) is 3. The predicted octanol–water partition coefficient (Wildman–Crippen LogP) is 3.37. The highest BCUT2D eigenvalue weighted by atomic mass is 19.4. The van der Waals surface area contributed by atoms with Gasteiger partial charge < -0.3 is 0 Å². The minimum Gasteiger partial charge on any atom is -0.294 e. The van der Waals surface area contributed by atoms with E-state index in [1.807, 2.05) is 0 Å². The molecule has 6 heteroatoms. The largest absolute Gasteiger partial charge is 0.416 e. The van der Waals surface area contributed by atoms with Gasteiger partial charge in [0.1, 0.15) is 0 Å². The molecule has 0 atom stereocenters. The second-order valence-electron chi connectivity index (χ2n) is 3.89. The highest BCUT2D eigenvalue weighted by molar-refractivity contribution is 6.00.